The molecule has 0 aromatic carbocycles. The Bertz CT molecular complexity index is 623. The van der Waals surface area contributed by atoms with Crippen LogP contribution in [-0.2, 0) is 4.74 Å². The van der Waals surface area contributed by atoms with Gasteiger partial charge in [-0.3, -0.25) is 0 Å². The Morgan fingerprint density at radius 3 is 2.91 bits per heavy atom. The number of aromatic nitrogens is 2. The van der Waals surface area contributed by atoms with Crippen LogP contribution in [0.1, 0.15) is 39.3 Å². The number of likely N-dealkylation sites (tertiary alicyclic amines) is 1. The lowest BCUT2D eigenvalue weighted by Gasteiger charge is -2.34. The molecule has 0 radical (unpaired) electrons. The van der Waals surface area contributed by atoms with E-state index in [0.29, 0.717) is 18.9 Å². The minimum absolute atomic E-state index is 0.0366. The normalized spacial score (nSPS) is 18.2. The molecule has 0 bridgehead atoms. The molecule has 1 N–H and O–H groups in total. The van der Waals surface area contributed by atoms with E-state index in [2.05, 4.69) is 15.3 Å². The first-order valence-electron chi connectivity index (χ1n) is 7.45. The summed E-state index contributed by atoms with van der Waals surface area (Å²) in [7, 11) is 0. The Hall–Kier alpha value is -2.07. The Morgan fingerprint density at radius 1 is 1.57 bits per heavy atom. The van der Waals surface area contributed by atoms with Crippen molar-refractivity contribution in [1.82, 2.24) is 14.9 Å². The summed E-state index contributed by atoms with van der Waals surface area (Å²) in [4.78, 5) is 21.9. The lowest BCUT2D eigenvalue weighted by atomic mass is 10.1. The number of carbonyl (C=O) groups is 1. The number of halogens is 1. The molecule has 0 spiro atoms. The van der Waals surface area contributed by atoms with Crippen LogP contribution in [0.4, 0.5) is 10.6 Å². The number of hydrogen-bond acceptors (Lipinski definition) is 6. The number of hydrogen-bond donors (Lipinski definition) is 1. The summed E-state index contributed by atoms with van der Waals surface area (Å²) < 4.78 is 5.40. The molecule has 1 aliphatic rings. The van der Waals surface area contributed by atoms with Crippen LogP contribution in [-0.4, -0.2) is 45.7 Å². The highest BCUT2D eigenvalue weighted by atomic mass is 35.5. The highest BCUT2D eigenvalue weighted by molar-refractivity contribution is 6.30. The second-order valence-electron chi connectivity index (χ2n) is 6.42. The molecule has 23 heavy (non-hydrogen) atoms. The minimum atomic E-state index is -0.510. The maximum atomic E-state index is 12.1. The molecule has 8 heteroatoms. The summed E-state index contributed by atoms with van der Waals surface area (Å²) in [6.45, 7) is 6.73. The molecule has 1 fully saturated rings. The van der Waals surface area contributed by atoms with Gasteiger partial charge < -0.3 is 15.0 Å². The molecular weight excluding hydrogens is 318 g/mol. The van der Waals surface area contributed by atoms with Crippen molar-refractivity contribution in [2.45, 2.75) is 45.3 Å². The first kappa shape index (κ1) is 17.3. The van der Waals surface area contributed by atoms with Gasteiger partial charge in [-0.05, 0) is 33.6 Å². The highest BCUT2D eigenvalue weighted by Gasteiger charge is 2.27. The quantitative estimate of drug-likeness (QED) is 0.892. The van der Waals surface area contributed by atoms with Crippen LogP contribution in [0, 0.1) is 11.3 Å². The van der Waals surface area contributed by atoms with Gasteiger partial charge in [-0.1, -0.05) is 11.6 Å². The van der Waals surface area contributed by atoms with Gasteiger partial charge in [0, 0.05) is 19.1 Å². The van der Waals surface area contributed by atoms with E-state index in [-0.39, 0.29) is 23.0 Å². The summed E-state index contributed by atoms with van der Waals surface area (Å²) in [5.41, 5.74) is -0.417. The largest absolute Gasteiger partial charge is 0.444 e. The lowest BCUT2D eigenvalue weighted by Crippen LogP contribution is -2.47. The Morgan fingerprint density at radius 2 is 2.30 bits per heavy atom. The second kappa shape index (κ2) is 7.01. The number of piperidine rings is 1. The van der Waals surface area contributed by atoms with E-state index in [9.17, 15) is 4.79 Å². The van der Waals surface area contributed by atoms with Crippen LogP contribution >= 0.6 is 11.6 Å². The van der Waals surface area contributed by atoms with Crippen molar-refractivity contribution >= 4 is 23.5 Å². The molecule has 1 amide bonds. The number of rotatable bonds is 2. The van der Waals surface area contributed by atoms with Crippen LogP contribution in [0.25, 0.3) is 0 Å². The molecule has 0 aliphatic carbocycles. The van der Waals surface area contributed by atoms with Gasteiger partial charge in [0.25, 0.3) is 0 Å². The molecule has 1 aromatic rings. The number of nitrogens with one attached hydrogen (secondary N) is 1. The van der Waals surface area contributed by atoms with Gasteiger partial charge in [-0.25, -0.2) is 14.8 Å². The first-order chi connectivity index (χ1) is 10.8. The Labute approximate surface area is 140 Å². The molecule has 2 heterocycles. The molecule has 0 saturated carbocycles. The standard InChI is InChI=1S/C15H20ClN5O2/c1-15(2,3)23-14(22)21-6-4-5-10(9-21)19-12-8-18-11(7-17)13(16)20-12/h8,10H,4-6,9H2,1-3H3,(H,19,20)/t10-/m1/s1. The summed E-state index contributed by atoms with van der Waals surface area (Å²) in [6.07, 6.45) is 2.93. The van der Waals surface area contributed by atoms with Gasteiger partial charge in [0.15, 0.2) is 10.8 Å². The number of carbonyl (C=O) groups excluding carboxylic acids is 1. The molecule has 1 saturated heterocycles. The fourth-order valence-electron chi connectivity index (χ4n) is 2.31. The van der Waals surface area contributed by atoms with Gasteiger partial charge in [0.1, 0.15) is 17.5 Å². The van der Waals surface area contributed by atoms with Gasteiger partial charge in [-0.15, -0.1) is 0 Å². The summed E-state index contributed by atoms with van der Waals surface area (Å²) in [5.74, 6) is 0.491. The predicted molar refractivity (Wildman–Crippen MR) is 86.2 cm³/mol. The zero-order valence-corrected chi connectivity index (χ0v) is 14.2. The molecule has 1 aliphatic heterocycles. The second-order valence-corrected chi connectivity index (χ2v) is 6.77. The number of ether oxygens (including phenoxy) is 1. The van der Waals surface area contributed by atoms with E-state index in [0.717, 1.165) is 12.8 Å². The van der Waals surface area contributed by atoms with Crippen molar-refractivity contribution in [3.05, 3.63) is 17.0 Å². The van der Waals surface area contributed by atoms with Gasteiger partial charge >= 0.3 is 6.09 Å². The maximum Gasteiger partial charge on any atom is 0.410 e. The van der Waals surface area contributed by atoms with Crippen LogP contribution < -0.4 is 5.32 Å². The molecule has 0 unspecified atom stereocenters. The fraction of sp³-hybridized carbons (Fsp3) is 0.600. The van der Waals surface area contributed by atoms with Crippen molar-refractivity contribution in [2.24, 2.45) is 0 Å². The molecule has 2 rings (SSSR count). The van der Waals surface area contributed by atoms with Crippen molar-refractivity contribution in [3.63, 3.8) is 0 Å². The van der Waals surface area contributed by atoms with E-state index >= 15 is 0 Å². The number of nitrogens with zero attached hydrogens (tertiary/aromatic N) is 4. The van der Waals surface area contributed by atoms with Gasteiger partial charge in [0.2, 0.25) is 0 Å². The Kier molecular flexibility index (Phi) is 5.26. The minimum Gasteiger partial charge on any atom is -0.444 e. The first-order valence-corrected chi connectivity index (χ1v) is 7.83. The van der Waals surface area contributed by atoms with Crippen molar-refractivity contribution in [1.29, 1.82) is 5.26 Å². The van der Waals surface area contributed by atoms with Crippen molar-refractivity contribution < 1.29 is 9.53 Å². The predicted octanol–water partition coefficient (Wildman–Crippen LogP) is 2.81. The third kappa shape index (κ3) is 4.96. The SMILES string of the molecule is CC(C)(C)OC(=O)N1CCC[C@@H](Nc2cnc(C#N)c(Cl)n2)C1. The van der Waals surface area contributed by atoms with E-state index < -0.39 is 5.60 Å². The van der Waals surface area contributed by atoms with Crippen LogP contribution in [0.3, 0.4) is 0 Å². The van der Waals surface area contributed by atoms with Gasteiger partial charge in [0.05, 0.1) is 6.20 Å². The third-order valence-electron chi connectivity index (χ3n) is 3.26. The zero-order chi connectivity index (χ0) is 17.0. The maximum absolute atomic E-state index is 12.1. The van der Waals surface area contributed by atoms with E-state index in [4.69, 9.17) is 21.6 Å². The smallest absolute Gasteiger partial charge is 0.410 e. The number of anilines is 1. The number of nitriles is 1. The Balaban J connectivity index is 1.98. The topological polar surface area (TPSA) is 91.1 Å². The van der Waals surface area contributed by atoms with Gasteiger partial charge in [-0.2, -0.15) is 5.26 Å². The van der Waals surface area contributed by atoms with E-state index in [1.807, 2.05) is 26.8 Å². The summed E-state index contributed by atoms with van der Waals surface area (Å²) >= 11 is 5.88. The summed E-state index contributed by atoms with van der Waals surface area (Å²) in [5, 5.41) is 12.1. The fourth-order valence-corrected chi connectivity index (χ4v) is 2.49. The van der Waals surface area contributed by atoms with E-state index in [1.54, 1.807) is 4.90 Å². The third-order valence-corrected chi connectivity index (χ3v) is 3.52. The number of amides is 1. The van der Waals surface area contributed by atoms with Crippen LogP contribution in [0.2, 0.25) is 5.15 Å². The summed E-state index contributed by atoms with van der Waals surface area (Å²) in [6, 6.07) is 1.90. The molecular formula is C15H20ClN5O2. The average Bonchev–Trinajstić information content (AvgIpc) is 2.46. The average molecular weight is 338 g/mol. The van der Waals surface area contributed by atoms with Crippen molar-refractivity contribution in [3.8, 4) is 6.07 Å². The molecule has 124 valence electrons. The van der Waals surface area contributed by atoms with Crippen molar-refractivity contribution in [2.75, 3.05) is 18.4 Å². The highest BCUT2D eigenvalue weighted by Crippen LogP contribution is 2.19. The molecule has 1 aromatic heterocycles. The van der Waals surface area contributed by atoms with Crippen LogP contribution in [0.5, 0.6) is 0 Å². The molecule has 1 atom stereocenters. The zero-order valence-electron chi connectivity index (χ0n) is 13.5. The molecule has 7 nitrogen and oxygen atoms in total. The van der Waals surface area contributed by atoms with E-state index in [1.165, 1.54) is 6.20 Å². The monoisotopic (exact) mass is 337 g/mol. The van der Waals surface area contributed by atoms with Crippen LogP contribution in [0.15, 0.2) is 6.20 Å². The lowest BCUT2D eigenvalue weighted by molar-refractivity contribution is 0.0206.